The summed E-state index contributed by atoms with van der Waals surface area (Å²) in [4.78, 5) is 28.6. The second-order valence-corrected chi connectivity index (χ2v) is 13.5. The molecule has 0 spiro atoms. The van der Waals surface area contributed by atoms with Crippen LogP contribution in [0, 0.1) is 6.92 Å². The fourth-order valence-electron chi connectivity index (χ4n) is 3.94. The van der Waals surface area contributed by atoms with Gasteiger partial charge >= 0.3 is 0 Å². The Morgan fingerprint density at radius 2 is 1.59 bits per heavy atom. The number of carbonyl (C=O) groups is 2. The van der Waals surface area contributed by atoms with Crippen molar-refractivity contribution in [2.45, 2.75) is 57.6 Å². The van der Waals surface area contributed by atoms with Gasteiger partial charge in [-0.25, -0.2) is 8.42 Å². The van der Waals surface area contributed by atoms with Gasteiger partial charge in [0.25, 0.3) is 10.0 Å². The zero-order chi connectivity index (χ0) is 29.0. The third-order valence-corrected chi connectivity index (χ3v) is 8.76. The first kappa shape index (κ1) is 30.7. The van der Waals surface area contributed by atoms with E-state index < -0.39 is 34.1 Å². The van der Waals surface area contributed by atoms with Gasteiger partial charge in [0.1, 0.15) is 12.6 Å². The zero-order valence-corrected chi connectivity index (χ0v) is 25.8. The van der Waals surface area contributed by atoms with E-state index in [1.165, 1.54) is 17.0 Å². The zero-order valence-electron chi connectivity index (χ0n) is 22.6. The van der Waals surface area contributed by atoms with E-state index in [2.05, 4.69) is 21.2 Å². The highest BCUT2D eigenvalue weighted by atomic mass is 79.9. The minimum Gasteiger partial charge on any atom is -0.350 e. The third-order valence-electron chi connectivity index (χ3n) is 6.05. The molecule has 0 heterocycles. The number of benzene rings is 3. The second kappa shape index (κ2) is 12.5. The molecule has 0 aliphatic carbocycles. The summed E-state index contributed by atoms with van der Waals surface area (Å²) in [5.41, 5.74) is 1.08. The van der Waals surface area contributed by atoms with Gasteiger partial charge in [-0.3, -0.25) is 13.9 Å². The van der Waals surface area contributed by atoms with Crippen LogP contribution in [0.25, 0.3) is 0 Å². The lowest BCUT2D eigenvalue weighted by atomic mass is 10.1. The van der Waals surface area contributed by atoms with E-state index in [0.29, 0.717) is 10.6 Å². The van der Waals surface area contributed by atoms with Gasteiger partial charge in [-0.1, -0.05) is 63.9 Å². The van der Waals surface area contributed by atoms with E-state index in [9.17, 15) is 18.0 Å². The summed E-state index contributed by atoms with van der Waals surface area (Å²) in [6, 6.07) is 19.3. The Balaban J connectivity index is 2.06. The maximum Gasteiger partial charge on any atom is 0.264 e. The maximum absolute atomic E-state index is 14.0. The van der Waals surface area contributed by atoms with Crippen molar-refractivity contribution in [3.05, 3.63) is 93.4 Å². The molecular weight excluding hydrogens is 602 g/mol. The van der Waals surface area contributed by atoms with Crippen molar-refractivity contribution in [3.8, 4) is 0 Å². The predicted octanol–water partition coefficient (Wildman–Crippen LogP) is 5.94. The Hall–Kier alpha value is -2.88. The highest BCUT2D eigenvalue weighted by molar-refractivity contribution is 9.10. The van der Waals surface area contributed by atoms with Gasteiger partial charge in [0, 0.05) is 21.6 Å². The monoisotopic (exact) mass is 633 g/mol. The molecular formula is C29H33BrClN3O4S. The molecule has 1 N–H and O–H groups in total. The first-order valence-electron chi connectivity index (χ1n) is 12.4. The molecule has 0 fully saturated rings. The number of hydrogen-bond donors (Lipinski definition) is 1. The number of nitrogens with zero attached hydrogens (tertiary/aromatic N) is 2. The van der Waals surface area contributed by atoms with Crippen molar-refractivity contribution in [1.82, 2.24) is 10.2 Å². The predicted molar refractivity (Wildman–Crippen MR) is 159 cm³/mol. The Morgan fingerprint density at radius 1 is 0.974 bits per heavy atom. The van der Waals surface area contributed by atoms with Crippen LogP contribution >= 0.6 is 27.5 Å². The quantitative estimate of drug-likeness (QED) is 0.316. The van der Waals surface area contributed by atoms with Gasteiger partial charge < -0.3 is 10.2 Å². The van der Waals surface area contributed by atoms with Crippen LogP contribution < -0.4 is 9.62 Å². The van der Waals surface area contributed by atoms with E-state index in [4.69, 9.17) is 11.6 Å². The van der Waals surface area contributed by atoms with Crippen LogP contribution in [0.2, 0.25) is 5.02 Å². The number of hydrogen-bond acceptors (Lipinski definition) is 4. The Bertz CT molecular complexity index is 1430. The van der Waals surface area contributed by atoms with E-state index in [0.717, 1.165) is 14.3 Å². The highest BCUT2D eigenvalue weighted by Gasteiger charge is 2.34. The smallest absolute Gasteiger partial charge is 0.264 e. The van der Waals surface area contributed by atoms with Gasteiger partial charge in [-0.05, 0) is 82.1 Å². The molecule has 0 aromatic heterocycles. The number of anilines is 1. The Kier molecular flexibility index (Phi) is 9.85. The summed E-state index contributed by atoms with van der Waals surface area (Å²) in [5.74, 6) is -0.877. The summed E-state index contributed by atoms with van der Waals surface area (Å²) in [6.07, 6.45) is 0. The van der Waals surface area contributed by atoms with Crippen molar-refractivity contribution < 1.29 is 18.0 Å². The van der Waals surface area contributed by atoms with Crippen molar-refractivity contribution in [1.29, 1.82) is 0 Å². The van der Waals surface area contributed by atoms with Crippen LogP contribution in [0.5, 0.6) is 0 Å². The van der Waals surface area contributed by atoms with Crippen LogP contribution in [0.15, 0.2) is 82.2 Å². The summed E-state index contributed by atoms with van der Waals surface area (Å²) >= 11 is 9.77. The molecule has 2 amide bonds. The molecule has 0 saturated heterocycles. The van der Waals surface area contributed by atoms with Gasteiger partial charge in [0.05, 0.1) is 10.6 Å². The van der Waals surface area contributed by atoms with Gasteiger partial charge in [-0.2, -0.15) is 0 Å². The summed E-state index contributed by atoms with van der Waals surface area (Å²) in [6.45, 7) is 8.49. The van der Waals surface area contributed by atoms with Crippen LogP contribution in [0.3, 0.4) is 0 Å². The van der Waals surface area contributed by atoms with Crippen molar-refractivity contribution >= 4 is 55.1 Å². The fourth-order valence-corrected chi connectivity index (χ4v) is 5.87. The van der Waals surface area contributed by atoms with E-state index in [1.54, 1.807) is 50.2 Å². The highest BCUT2D eigenvalue weighted by Crippen LogP contribution is 2.31. The largest absolute Gasteiger partial charge is 0.350 e. The molecule has 10 heteroatoms. The van der Waals surface area contributed by atoms with Gasteiger partial charge in [-0.15, -0.1) is 0 Å². The lowest BCUT2D eigenvalue weighted by molar-refractivity contribution is -0.140. The molecule has 7 nitrogen and oxygen atoms in total. The summed E-state index contributed by atoms with van der Waals surface area (Å²) in [5, 5.41) is 3.29. The average molecular weight is 635 g/mol. The SMILES string of the molecule is Cc1c(Cl)cccc1N(CC(=O)N(Cc1ccc(Br)cc1)[C@H](C)C(=O)NC(C)(C)C)S(=O)(=O)c1ccccc1. The third kappa shape index (κ3) is 7.84. The van der Waals surface area contributed by atoms with Crippen molar-refractivity contribution in [2.75, 3.05) is 10.8 Å². The molecule has 0 unspecified atom stereocenters. The summed E-state index contributed by atoms with van der Waals surface area (Å²) in [7, 11) is -4.15. The molecule has 0 radical (unpaired) electrons. The van der Waals surface area contributed by atoms with Crippen LogP contribution in [0.4, 0.5) is 5.69 Å². The minimum absolute atomic E-state index is 0.0372. The number of nitrogens with one attached hydrogen (secondary N) is 1. The topological polar surface area (TPSA) is 86.8 Å². The molecule has 39 heavy (non-hydrogen) atoms. The van der Waals surface area contributed by atoms with Crippen LogP contribution in [0.1, 0.15) is 38.8 Å². The van der Waals surface area contributed by atoms with Crippen LogP contribution in [-0.4, -0.2) is 43.3 Å². The average Bonchev–Trinajstić information content (AvgIpc) is 2.87. The molecule has 0 saturated carbocycles. The fraction of sp³-hybridized carbons (Fsp3) is 0.310. The normalized spacial score (nSPS) is 12.5. The molecule has 208 valence electrons. The molecule has 0 bridgehead atoms. The molecule has 0 aliphatic heterocycles. The van der Waals surface area contributed by atoms with Crippen molar-refractivity contribution in [3.63, 3.8) is 0 Å². The number of rotatable bonds is 9. The molecule has 1 atom stereocenters. The van der Waals surface area contributed by atoms with E-state index in [-0.39, 0.29) is 23.0 Å². The Morgan fingerprint density at radius 3 is 2.18 bits per heavy atom. The van der Waals surface area contributed by atoms with Crippen molar-refractivity contribution in [2.24, 2.45) is 0 Å². The molecule has 0 aliphatic rings. The van der Waals surface area contributed by atoms with E-state index in [1.807, 2.05) is 45.0 Å². The second-order valence-electron chi connectivity index (χ2n) is 10.3. The number of sulfonamides is 1. The minimum atomic E-state index is -4.15. The molecule has 3 aromatic carbocycles. The van der Waals surface area contributed by atoms with Gasteiger partial charge in [0.15, 0.2) is 0 Å². The standard InChI is InChI=1S/C29H33BrClN3O4S/c1-20-25(31)12-9-13-26(20)34(39(37,38)24-10-7-6-8-11-24)19-27(35)33(18-22-14-16-23(30)17-15-22)21(2)28(36)32-29(3,4)5/h6-17,21H,18-19H2,1-5H3,(H,32,36)/t21-/m1/s1. The lowest BCUT2D eigenvalue weighted by Gasteiger charge is -2.34. The number of amides is 2. The van der Waals surface area contributed by atoms with Crippen LogP contribution in [-0.2, 0) is 26.2 Å². The summed E-state index contributed by atoms with van der Waals surface area (Å²) < 4.78 is 29.7. The molecule has 3 rings (SSSR count). The number of halogens is 2. The first-order valence-corrected chi connectivity index (χ1v) is 15.0. The lowest BCUT2D eigenvalue weighted by Crippen LogP contribution is -2.54. The Labute approximate surface area is 244 Å². The van der Waals surface area contributed by atoms with Gasteiger partial charge in [0.2, 0.25) is 11.8 Å². The molecule has 3 aromatic rings. The number of carbonyl (C=O) groups excluding carboxylic acids is 2. The maximum atomic E-state index is 14.0. The van der Waals surface area contributed by atoms with E-state index >= 15 is 0 Å². The first-order chi connectivity index (χ1) is 18.2.